The van der Waals surface area contributed by atoms with E-state index >= 15 is 0 Å². The highest BCUT2D eigenvalue weighted by Gasteiger charge is 2.36. The first kappa shape index (κ1) is 14.8. The van der Waals surface area contributed by atoms with Crippen molar-refractivity contribution in [1.82, 2.24) is 0 Å². The first-order chi connectivity index (χ1) is 11.4. The Morgan fingerprint density at radius 3 is 2.33 bits per heavy atom. The van der Waals surface area contributed by atoms with Gasteiger partial charge in [0, 0.05) is 28.8 Å². The molecule has 0 unspecified atom stereocenters. The molecule has 0 bridgehead atoms. The fourth-order valence-corrected chi connectivity index (χ4v) is 3.90. The van der Waals surface area contributed by atoms with E-state index in [1.165, 1.54) is 18.2 Å². The van der Waals surface area contributed by atoms with Crippen molar-refractivity contribution >= 4 is 27.4 Å². The Hall–Kier alpha value is -2.77. The van der Waals surface area contributed by atoms with E-state index in [-0.39, 0.29) is 39.5 Å². The van der Waals surface area contributed by atoms with Gasteiger partial charge in [-0.25, -0.2) is 0 Å². The Kier molecular flexibility index (Phi) is 3.00. The number of Topliss-reactive ketones (excluding diaryl/α,β-unsaturated/α-hetero) is 2. The van der Waals surface area contributed by atoms with Gasteiger partial charge in [-0.15, -0.1) is 0 Å². The lowest BCUT2D eigenvalue weighted by atomic mass is 10.1. The maximum absolute atomic E-state index is 12.6. The number of carbonyl (C=O) groups is 2. The van der Waals surface area contributed by atoms with Crippen LogP contribution in [0.2, 0.25) is 0 Å². The molecule has 2 aliphatic rings. The number of hydrogen-bond acceptors (Lipinski definition) is 5. The Balaban J connectivity index is 1.87. The molecule has 2 aromatic carbocycles. The fraction of sp³-hybridized carbons (Fsp3) is 0.0588. The van der Waals surface area contributed by atoms with Crippen molar-refractivity contribution in [1.29, 1.82) is 0 Å². The number of hydrogen-bond donors (Lipinski definition) is 2. The lowest BCUT2D eigenvalue weighted by molar-refractivity contribution is 0.101. The van der Waals surface area contributed by atoms with Crippen molar-refractivity contribution in [2.45, 2.75) is 11.3 Å². The van der Waals surface area contributed by atoms with Crippen LogP contribution in [0.4, 0.5) is 5.69 Å². The van der Waals surface area contributed by atoms with Crippen LogP contribution in [0.25, 0.3) is 0 Å². The standard InChI is InChI=1S/C17H11NO5S/c19-16-9-5-3-7-14(24(21,22)23)11(9)8-12(16)15-17(20)10-4-1-2-6-13(10)18-15/h1-7,18H,8H2,(H,21,22,23)/b15-12-. The van der Waals surface area contributed by atoms with Gasteiger partial charge in [0.25, 0.3) is 10.1 Å². The molecule has 0 radical (unpaired) electrons. The average Bonchev–Trinajstić information content (AvgIpc) is 3.05. The predicted molar refractivity (Wildman–Crippen MR) is 85.7 cm³/mol. The Morgan fingerprint density at radius 2 is 1.62 bits per heavy atom. The molecule has 1 aliphatic carbocycles. The number of nitrogens with one attached hydrogen (secondary N) is 1. The number of carbonyl (C=O) groups excluding carboxylic acids is 2. The van der Waals surface area contributed by atoms with Crippen molar-refractivity contribution in [2.24, 2.45) is 0 Å². The van der Waals surface area contributed by atoms with Crippen LogP contribution in [0.3, 0.4) is 0 Å². The van der Waals surface area contributed by atoms with Gasteiger partial charge in [0.15, 0.2) is 5.78 Å². The van der Waals surface area contributed by atoms with Gasteiger partial charge >= 0.3 is 0 Å². The lowest BCUT2D eigenvalue weighted by Crippen LogP contribution is -2.09. The zero-order valence-electron chi connectivity index (χ0n) is 12.2. The molecule has 0 amide bonds. The van der Waals surface area contributed by atoms with E-state index in [4.69, 9.17) is 0 Å². The molecule has 0 atom stereocenters. The third-order valence-corrected chi connectivity index (χ3v) is 5.18. The normalized spacial score (nSPS) is 19.2. The van der Waals surface area contributed by atoms with Gasteiger partial charge in [-0.3, -0.25) is 14.1 Å². The highest BCUT2D eigenvalue weighted by atomic mass is 32.2. The summed E-state index contributed by atoms with van der Waals surface area (Å²) in [4.78, 5) is 24.9. The van der Waals surface area contributed by atoms with Crippen LogP contribution in [0.5, 0.6) is 0 Å². The van der Waals surface area contributed by atoms with E-state index in [0.717, 1.165) is 0 Å². The molecule has 1 aliphatic heterocycles. The average molecular weight is 341 g/mol. The van der Waals surface area contributed by atoms with Gasteiger partial charge in [-0.05, 0) is 23.8 Å². The summed E-state index contributed by atoms with van der Waals surface area (Å²) in [6, 6.07) is 11.0. The lowest BCUT2D eigenvalue weighted by Gasteiger charge is -2.03. The Labute approximate surface area is 137 Å². The summed E-state index contributed by atoms with van der Waals surface area (Å²) in [5.74, 6) is -0.700. The van der Waals surface area contributed by atoms with Crippen LogP contribution >= 0.6 is 0 Å². The van der Waals surface area contributed by atoms with Crippen LogP contribution in [0.15, 0.2) is 58.6 Å². The number of anilines is 1. The summed E-state index contributed by atoms with van der Waals surface area (Å²) in [5.41, 5.74) is 1.87. The number of allylic oxidation sites excluding steroid dienone is 2. The second kappa shape index (κ2) is 4.86. The van der Waals surface area contributed by atoms with Gasteiger partial charge in [0.2, 0.25) is 5.78 Å². The zero-order chi connectivity index (χ0) is 17.1. The van der Waals surface area contributed by atoms with Crippen LogP contribution in [0, 0.1) is 0 Å². The van der Waals surface area contributed by atoms with Crippen LogP contribution in [-0.4, -0.2) is 24.5 Å². The third-order valence-electron chi connectivity index (χ3n) is 4.24. The fourth-order valence-electron chi connectivity index (χ4n) is 3.15. The SMILES string of the molecule is O=C1/C(=C2\Cc3c(cccc3S(=O)(=O)O)C2=O)Nc2ccccc21. The number of benzene rings is 2. The predicted octanol–water partition coefficient (Wildman–Crippen LogP) is 2.23. The van der Waals surface area contributed by atoms with Crippen LogP contribution in [0.1, 0.15) is 26.3 Å². The van der Waals surface area contributed by atoms with Crippen molar-refractivity contribution in [3.05, 3.63) is 70.4 Å². The Morgan fingerprint density at radius 1 is 0.917 bits per heavy atom. The first-order valence-electron chi connectivity index (χ1n) is 7.16. The number of fused-ring (bicyclic) bond motifs is 2. The summed E-state index contributed by atoms with van der Waals surface area (Å²) >= 11 is 0. The molecule has 120 valence electrons. The van der Waals surface area contributed by atoms with E-state index < -0.39 is 15.9 Å². The van der Waals surface area contributed by atoms with E-state index in [1.807, 2.05) is 0 Å². The summed E-state index contributed by atoms with van der Waals surface area (Å²) in [6.45, 7) is 0. The van der Waals surface area contributed by atoms with E-state index in [0.29, 0.717) is 11.3 Å². The van der Waals surface area contributed by atoms with Crippen molar-refractivity contribution in [3.63, 3.8) is 0 Å². The van der Waals surface area contributed by atoms with E-state index in [2.05, 4.69) is 5.32 Å². The topological polar surface area (TPSA) is 101 Å². The summed E-state index contributed by atoms with van der Waals surface area (Å²) in [5, 5.41) is 2.95. The first-order valence-corrected chi connectivity index (χ1v) is 8.60. The smallest absolute Gasteiger partial charge is 0.294 e. The van der Waals surface area contributed by atoms with Gasteiger partial charge in [-0.1, -0.05) is 24.3 Å². The molecule has 0 spiro atoms. The monoisotopic (exact) mass is 341 g/mol. The zero-order valence-corrected chi connectivity index (χ0v) is 13.1. The van der Waals surface area contributed by atoms with Gasteiger partial charge in [0.1, 0.15) is 0 Å². The maximum atomic E-state index is 12.6. The van der Waals surface area contributed by atoms with E-state index in [1.54, 1.807) is 24.3 Å². The summed E-state index contributed by atoms with van der Waals surface area (Å²) in [7, 11) is -4.45. The molecule has 2 aromatic rings. The van der Waals surface area contributed by atoms with Crippen LogP contribution in [-0.2, 0) is 16.5 Å². The minimum absolute atomic E-state index is 0.0216. The molecule has 0 saturated heterocycles. The third kappa shape index (κ3) is 2.02. The molecule has 0 saturated carbocycles. The second-order valence-corrected chi connectivity index (χ2v) is 7.01. The molecule has 1 heterocycles. The molecule has 24 heavy (non-hydrogen) atoms. The molecule has 2 N–H and O–H groups in total. The van der Waals surface area contributed by atoms with Gasteiger partial charge in [0.05, 0.1) is 10.6 Å². The van der Waals surface area contributed by atoms with Crippen molar-refractivity contribution in [2.75, 3.05) is 5.32 Å². The summed E-state index contributed by atoms with van der Waals surface area (Å²) in [6.07, 6.45) is -0.0216. The quantitative estimate of drug-likeness (QED) is 0.609. The number of ketones is 2. The molecular formula is C17H11NO5S. The number of para-hydroxylation sites is 1. The summed E-state index contributed by atoms with van der Waals surface area (Å²) < 4.78 is 32.4. The van der Waals surface area contributed by atoms with Gasteiger partial charge in [-0.2, -0.15) is 8.42 Å². The number of rotatable bonds is 1. The minimum atomic E-state index is -4.45. The molecule has 0 aromatic heterocycles. The van der Waals surface area contributed by atoms with Crippen molar-refractivity contribution < 1.29 is 22.6 Å². The molecule has 6 nitrogen and oxygen atoms in total. The Bertz CT molecular complexity index is 1070. The second-order valence-electron chi connectivity index (χ2n) is 5.62. The molecular weight excluding hydrogens is 330 g/mol. The molecule has 7 heteroatoms. The highest BCUT2D eigenvalue weighted by Crippen LogP contribution is 2.37. The van der Waals surface area contributed by atoms with Gasteiger partial charge < -0.3 is 5.32 Å². The largest absolute Gasteiger partial charge is 0.351 e. The minimum Gasteiger partial charge on any atom is -0.351 e. The maximum Gasteiger partial charge on any atom is 0.294 e. The van der Waals surface area contributed by atoms with Crippen molar-refractivity contribution in [3.8, 4) is 0 Å². The molecule has 0 fully saturated rings. The molecule has 4 rings (SSSR count). The highest BCUT2D eigenvalue weighted by molar-refractivity contribution is 7.85. The van der Waals surface area contributed by atoms with Crippen LogP contribution < -0.4 is 5.32 Å². The van der Waals surface area contributed by atoms with E-state index in [9.17, 15) is 22.6 Å².